The highest BCUT2D eigenvalue weighted by molar-refractivity contribution is 5.78. The van der Waals surface area contributed by atoms with Crippen LogP contribution in [0.5, 0.6) is 0 Å². The predicted molar refractivity (Wildman–Crippen MR) is 79.6 cm³/mol. The molecule has 1 saturated carbocycles. The largest absolute Gasteiger partial charge is 0.389 e. The van der Waals surface area contributed by atoms with Crippen molar-refractivity contribution in [2.24, 2.45) is 0 Å². The Balaban J connectivity index is 1.68. The Hall–Kier alpha value is -0.650. The molecule has 1 aliphatic heterocycles. The van der Waals surface area contributed by atoms with Crippen LogP contribution in [0, 0.1) is 0 Å². The number of amides is 1. The topological polar surface area (TPSA) is 55.8 Å². The van der Waals surface area contributed by atoms with E-state index in [0.29, 0.717) is 13.1 Å². The summed E-state index contributed by atoms with van der Waals surface area (Å²) in [7, 11) is 2.08. The van der Waals surface area contributed by atoms with Crippen LogP contribution in [-0.2, 0) is 4.79 Å². The minimum atomic E-state index is -0.598. The van der Waals surface area contributed by atoms with Crippen molar-refractivity contribution in [2.45, 2.75) is 44.1 Å². The van der Waals surface area contributed by atoms with Crippen molar-refractivity contribution in [3.8, 4) is 0 Å². The van der Waals surface area contributed by atoms with Gasteiger partial charge in [-0.15, -0.1) is 0 Å². The maximum atomic E-state index is 12.1. The Bertz CT molecular complexity index is 306. The number of rotatable bonds is 4. The zero-order valence-corrected chi connectivity index (χ0v) is 12.7. The molecule has 2 N–H and O–H groups in total. The maximum Gasteiger partial charge on any atom is 0.236 e. The number of hydrogen-bond acceptors (Lipinski definition) is 4. The van der Waals surface area contributed by atoms with Crippen LogP contribution < -0.4 is 5.32 Å². The van der Waals surface area contributed by atoms with Crippen LogP contribution in [0.3, 0.4) is 0 Å². The number of nitrogens with zero attached hydrogens (tertiary/aromatic N) is 2. The number of carbonyl (C=O) groups is 1. The van der Waals surface area contributed by atoms with Gasteiger partial charge in [0.1, 0.15) is 0 Å². The van der Waals surface area contributed by atoms with E-state index in [1.165, 1.54) is 12.8 Å². The van der Waals surface area contributed by atoms with Gasteiger partial charge in [-0.1, -0.05) is 25.7 Å². The predicted octanol–water partition coefficient (Wildman–Crippen LogP) is 0.435. The van der Waals surface area contributed by atoms with Gasteiger partial charge in [-0.25, -0.2) is 0 Å². The number of carbonyl (C=O) groups excluding carboxylic acids is 1. The molecule has 20 heavy (non-hydrogen) atoms. The molecule has 0 aromatic heterocycles. The Morgan fingerprint density at radius 3 is 2.30 bits per heavy atom. The molecule has 116 valence electrons. The molecule has 2 rings (SSSR count). The van der Waals surface area contributed by atoms with Crippen molar-refractivity contribution >= 4 is 5.91 Å². The molecular weight excluding hydrogens is 254 g/mol. The van der Waals surface area contributed by atoms with Gasteiger partial charge in [0.2, 0.25) is 5.91 Å². The number of aliphatic hydroxyl groups is 1. The number of likely N-dealkylation sites (N-methyl/N-ethyl adjacent to an activating group) is 1. The van der Waals surface area contributed by atoms with Gasteiger partial charge < -0.3 is 20.2 Å². The van der Waals surface area contributed by atoms with E-state index < -0.39 is 5.60 Å². The second kappa shape index (κ2) is 7.38. The van der Waals surface area contributed by atoms with E-state index in [1.54, 1.807) is 0 Å². The summed E-state index contributed by atoms with van der Waals surface area (Å²) in [4.78, 5) is 16.2. The van der Waals surface area contributed by atoms with E-state index >= 15 is 0 Å². The average molecular weight is 283 g/mol. The molecule has 0 radical (unpaired) electrons. The molecule has 1 amide bonds. The van der Waals surface area contributed by atoms with E-state index in [-0.39, 0.29) is 5.91 Å². The van der Waals surface area contributed by atoms with Crippen LogP contribution in [0.15, 0.2) is 0 Å². The molecule has 1 heterocycles. The Kier molecular flexibility index (Phi) is 5.81. The molecule has 0 atom stereocenters. The summed E-state index contributed by atoms with van der Waals surface area (Å²) >= 11 is 0. The van der Waals surface area contributed by atoms with Crippen molar-refractivity contribution in [1.82, 2.24) is 15.1 Å². The lowest BCUT2D eigenvalue weighted by molar-refractivity contribution is -0.131. The molecule has 5 nitrogen and oxygen atoms in total. The highest BCUT2D eigenvalue weighted by Gasteiger charge is 2.28. The Morgan fingerprint density at radius 1 is 1.10 bits per heavy atom. The first kappa shape index (κ1) is 15.7. The van der Waals surface area contributed by atoms with Crippen LogP contribution in [0.25, 0.3) is 0 Å². The summed E-state index contributed by atoms with van der Waals surface area (Å²) in [6, 6.07) is 0. The third-order valence-electron chi connectivity index (χ3n) is 4.62. The first-order valence-corrected chi connectivity index (χ1v) is 7.98. The van der Waals surface area contributed by atoms with Gasteiger partial charge in [-0.05, 0) is 19.9 Å². The van der Waals surface area contributed by atoms with Crippen LogP contribution >= 0.6 is 0 Å². The zero-order valence-electron chi connectivity index (χ0n) is 12.7. The fourth-order valence-corrected chi connectivity index (χ4v) is 3.13. The van der Waals surface area contributed by atoms with Gasteiger partial charge in [0.25, 0.3) is 0 Å². The van der Waals surface area contributed by atoms with Crippen molar-refractivity contribution in [3.05, 3.63) is 0 Å². The number of piperazine rings is 1. The van der Waals surface area contributed by atoms with Gasteiger partial charge in [-0.2, -0.15) is 0 Å². The van der Waals surface area contributed by atoms with Crippen molar-refractivity contribution in [2.75, 3.05) is 46.3 Å². The normalized spacial score (nSPS) is 24.4. The first-order chi connectivity index (χ1) is 9.59. The van der Waals surface area contributed by atoms with E-state index in [1.807, 2.05) is 4.90 Å². The molecule has 0 aromatic carbocycles. The van der Waals surface area contributed by atoms with Crippen LogP contribution in [-0.4, -0.2) is 72.7 Å². The minimum Gasteiger partial charge on any atom is -0.389 e. The smallest absolute Gasteiger partial charge is 0.236 e. The minimum absolute atomic E-state index is 0.162. The number of hydrogen-bond donors (Lipinski definition) is 2. The molecule has 5 heteroatoms. The van der Waals surface area contributed by atoms with Gasteiger partial charge in [0.15, 0.2) is 0 Å². The van der Waals surface area contributed by atoms with Gasteiger partial charge in [0, 0.05) is 32.7 Å². The highest BCUT2D eigenvalue weighted by Crippen LogP contribution is 2.26. The third-order valence-corrected chi connectivity index (χ3v) is 4.62. The van der Waals surface area contributed by atoms with E-state index in [0.717, 1.165) is 51.9 Å². The molecule has 2 aliphatic rings. The fraction of sp³-hybridized carbons (Fsp3) is 0.933. The average Bonchev–Trinajstić information content (AvgIpc) is 2.64. The monoisotopic (exact) mass is 283 g/mol. The van der Waals surface area contributed by atoms with E-state index in [4.69, 9.17) is 0 Å². The van der Waals surface area contributed by atoms with Crippen molar-refractivity contribution in [1.29, 1.82) is 0 Å². The molecule has 1 saturated heterocycles. The molecule has 2 fully saturated rings. The summed E-state index contributed by atoms with van der Waals surface area (Å²) in [6.45, 7) is 4.45. The van der Waals surface area contributed by atoms with Gasteiger partial charge >= 0.3 is 0 Å². The van der Waals surface area contributed by atoms with Crippen LogP contribution in [0.1, 0.15) is 38.5 Å². The molecular formula is C15H29N3O2. The second-order valence-corrected chi connectivity index (χ2v) is 6.43. The summed E-state index contributed by atoms with van der Waals surface area (Å²) < 4.78 is 0. The van der Waals surface area contributed by atoms with Gasteiger partial charge in [0.05, 0.1) is 12.1 Å². The molecule has 0 unspecified atom stereocenters. The second-order valence-electron chi connectivity index (χ2n) is 6.43. The highest BCUT2D eigenvalue weighted by atomic mass is 16.3. The quantitative estimate of drug-likeness (QED) is 0.735. The Morgan fingerprint density at radius 2 is 1.70 bits per heavy atom. The lowest BCUT2D eigenvalue weighted by atomic mass is 9.94. The van der Waals surface area contributed by atoms with E-state index in [9.17, 15) is 9.90 Å². The summed E-state index contributed by atoms with van der Waals surface area (Å²) in [5.41, 5.74) is -0.598. The number of nitrogens with one attached hydrogen (secondary N) is 1. The first-order valence-electron chi connectivity index (χ1n) is 7.98. The van der Waals surface area contributed by atoms with Crippen molar-refractivity contribution < 1.29 is 9.90 Å². The third kappa shape index (κ3) is 4.72. The summed E-state index contributed by atoms with van der Waals surface area (Å²) in [5, 5.41) is 13.7. The summed E-state index contributed by atoms with van der Waals surface area (Å²) in [5.74, 6) is 0.162. The lowest BCUT2D eigenvalue weighted by Gasteiger charge is -2.33. The molecule has 1 aliphatic carbocycles. The molecule has 0 spiro atoms. The van der Waals surface area contributed by atoms with E-state index in [2.05, 4.69) is 17.3 Å². The molecule has 0 bridgehead atoms. The lowest BCUT2D eigenvalue weighted by Crippen LogP contribution is -2.51. The fourth-order valence-electron chi connectivity index (χ4n) is 3.13. The summed E-state index contributed by atoms with van der Waals surface area (Å²) in [6.07, 6.45) is 6.38. The SMILES string of the molecule is CN1CCN(C(=O)CNCC2(O)CCCCCC2)CC1. The standard InChI is InChI=1S/C15H29N3O2/c1-17-8-10-18(11-9-17)14(19)12-16-13-15(20)6-4-2-3-5-7-15/h16,20H,2-13H2,1H3. The molecule has 0 aromatic rings. The van der Waals surface area contributed by atoms with Gasteiger partial charge in [-0.3, -0.25) is 4.79 Å². The maximum absolute atomic E-state index is 12.1. The zero-order chi connectivity index (χ0) is 14.4. The van der Waals surface area contributed by atoms with Crippen LogP contribution in [0.2, 0.25) is 0 Å². The Labute approximate surface area is 122 Å². The van der Waals surface area contributed by atoms with Crippen LogP contribution in [0.4, 0.5) is 0 Å². The van der Waals surface area contributed by atoms with Crippen molar-refractivity contribution in [3.63, 3.8) is 0 Å².